The van der Waals surface area contributed by atoms with Crippen molar-refractivity contribution >= 4 is 5.91 Å². The number of nitrogens with one attached hydrogen (secondary N) is 1. The molecule has 0 radical (unpaired) electrons. The summed E-state index contributed by atoms with van der Waals surface area (Å²) in [4.78, 5) is 12.5. The van der Waals surface area contributed by atoms with E-state index in [0.29, 0.717) is 0 Å². The molecule has 0 aliphatic carbocycles. The molecule has 0 fully saturated rings. The van der Waals surface area contributed by atoms with Gasteiger partial charge in [0, 0.05) is 0 Å². The van der Waals surface area contributed by atoms with Crippen LogP contribution in [0.25, 0.3) is 0 Å². The number of methoxy groups -OCH3 is 1. The third kappa shape index (κ3) is 4.99. The van der Waals surface area contributed by atoms with Crippen molar-refractivity contribution in [2.75, 3.05) is 7.11 Å². The summed E-state index contributed by atoms with van der Waals surface area (Å²) in [7, 11) is 1.64. The Bertz CT molecular complexity index is 710. The quantitative estimate of drug-likeness (QED) is 0.814. The first-order chi connectivity index (χ1) is 11.9. The van der Waals surface area contributed by atoms with Crippen LogP contribution in [0.2, 0.25) is 0 Å². The van der Waals surface area contributed by atoms with Crippen molar-refractivity contribution in [2.45, 2.75) is 46.3 Å². The summed E-state index contributed by atoms with van der Waals surface area (Å²) in [5.41, 5.74) is 3.25. The summed E-state index contributed by atoms with van der Waals surface area (Å²) in [6.45, 7) is 7.84. The van der Waals surface area contributed by atoms with E-state index in [1.54, 1.807) is 14.0 Å². The second-order valence-electron chi connectivity index (χ2n) is 6.27. The summed E-state index contributed by atoms with van der Waals surface area (Å²) in [5.74, 6) is 1.42. The minimum absolute atomic E-state index is 0.0522. The number of rotatable bonds is 7. The molecule has 0 heterocycles. The van der Waals surface area contributed by atoms with E-state index in [4.69, 9.17) is 9.47 Å². The molecule has 2 aromatic carbocycles. The molecule has 1 amide bonds. The van der Waals surface area contributed by atoms with Crippen molar-refractivity contribution in [3.05, 3.63) is 59.2 Å². The zero-order valence-electron chi connectivity index (χ0n) is 15.6. The fraction of sp³-hybridized carbons (Fsp3) is 0.381. The highest BCUT2D eigenvalue weighted by Gasteiger charge is 2.20. The zero-order valence-corrected chi connectivity index (χ0v) is 15.6. The van der Waals surface area contributed by atoms with Gasteiger partial charge in [-0.25, -0.2) is 0 Å². The van der Waals surface area contributed by atoms with Crippen molar-refractivity contribution in [2.24, 2.45) is 0 Å². The molecule has 0 unspecified atom stereocenters. The van der Waals surface area contributed by atoms with Gasteiger partial charge in [-0.15, -0.1) is 0 Å². The van der Waals surface area contributed by atoms with E-state index in [2.05, 4.69) is 5.32 Å². The van der Waals surface area contributed by atoms with E-state index < -0.39 is 6.10 Å². The van der Waals surface area contributed by atoms with Crippen LogP contribution < -0.4 is 14.8 Å². The number of benzene rings is 2. The largest absolute Gasteiger partial charge is 0.497 e. The Morgan fingerprint density at radius 1 is 1.12 bits per heavy atom. The van der Waals surface area contributed by atoms with E-state index in [0.717, 1.165) is 29.0 Å². The summed E-state index contributed by atoms with van der Waals surface area (Å²) < 4.78 is 11.0. The summed E-state index contributed by atoms with van der Waals surface area (Å²) in [6, 6.07) is 13.6. The fourth-order valence-corrected chi connectivity index (χ4v) is 2.72. The molecule has 134 valence electrons. The van der Waals surface area contributed by atoms with Gasteiger partial charge < -0.3 is 14.8 Å². The second-order valence-corrected chi connectivity index (χ2v) is 6.27. The Hall–Kier alpha value is -2.49. The fourth-order valence-electron chi connectivity index (χ4n) is 2.72. The minimum Gasteiger partial charge on any atom is -0.497 e. The van der Waals surface area contributed by atoms with Gasteiger partial charge in [0.1, 0.15) is 11.5 Å². The molecule has 0 bridgehead atoms. The molecule has 2 atom stereocenters. The maximum Gasteiger partial charge on any atom is 0.261 e. The predicted octanol–water partition coefficient (Wildman–Crippen LogP) is 4.35. The molecular weight excluding hydrogens is 314 g/mol. The van der Waals surface area contributed by atoms with Crippen LogP contribution in [-0.2, 0) is 4.79 Å². The van der Waals surface area contributed by atoms with Crippen LogP contribution in [0.5, 0.6) is 11.5 Å². The lowest BCUT2D eigenvalue weighted by Crippen LogP contribution is -2.38. The molecule has 0 spiro atoms. The third-order valence-corrected chi connectivity index (χ3v) is 4.25. The Kier molecular flexibility index (Phi) is 6.45. The predicted molar refractivity (Wildman–Crippen MR) is 100 cm³/mol. The van der Waals surface area contributed by atoms with Gasteiger partial charge in [-0.05, 0) is 56.5 Å². The number of carbonyl (C=O) groups is 1. The van der Waals surface area contributed by atoms with E-state index >= 15 is 0 Å². The van der Waals surface area contributed by atoms with Crippen LogP contribution in [0.1, 0.15) is 43.0 Å². The second kappa shape index (κ2) is 8.56. The average Bonchev–Trinajstić information content (AvgIpc) is 2.61. The van der Waals surface area contributed by atoms with E-state index in [9.17, 15) is 4.79 Å². The van der Waals surface area contributed by atoms with Crippen molar-refractivity contribution in [3.63, 3.8) is 0 Å². The maximum atomic E-state index is 12.5. The van der Waals surface area contributed by atoms with Gasteiger partial charge in [-0.1, -0.05) is 36.8 Å². The van der Waals surface area contributed by atoms with Gasteiger partial charge in [0.2, 0.25) is 0 Å². The van der Waals surface area contributed by atoms with Gasteiger partial charge in [-0.3, -0.25) is 4.79 Å². The number of aryl methyl sites for hydroxylation is 2. The minimum atomic E-state index is -0.561. The first kappa shape index (κ1) is 18.8. The number of amides is 1. The van der Waals surface area contributed by atoms with Gasteiger partial charge >= 0.3 is 0 Å². The van der Waals surface area contributed by atoms with Crippen LogP contribution >= 0.6 is 0 Å². The smallest absolute Gasteiger partial charge is 0.261 e. The zero-order chi connectivity index (χ0) is 18.4. The summed E-state index contributed by atoms with van der Waals surface area (Å²) in [5, 5.41) is 3.07. The molecule has 4 nitrogen and oxygen atoms in total. The molecule has 2 aromatic rings. The van der Waals surface area contributed by atoms with E-state index in [1.165, 1.54) is 5.56 Å². The number of ether oxygens (including phenoxy) is 2. The van der Waals surface area contributed by atoms with Crippen LogP contribution in [-0.4, -0.2) is 19.1 Å². The van der Waals surface area contributed by atoms with Crippen LogP contribution in [0.15, 0.2) is 42.5 Å². The van der Waals surface area contributed by atoms with Crippen molar-refractivity contribution in [1.29, 1.82) is 0 Å². The lowest BCUT2D eigenvalue weighted by Gasteiger charge is -2.22. The average molecular weight is 341 g/mol. The molecule has 4 heteroatoms. The molecule has 0 aliphatic rings. The molecule has 0 saturated heterocycles. The number of hydrogen-bond donors (Lipinski definition) is 1. The van der Waals surface area contributed by atoms with Crippen molar-refractivity contribution < 1.29 is 14.3 Å². The van der Waals surface area contributed by atoms with Gasteiger partial charge in [0.25, 0.3) is 5.91 Å². The van der Waals surface area contributed by atoms with E-state index in [1.807, 2.05) is 63.2 Å². The third-order valence-electron chi connectivity index (χ3n) is 4.25. The molecule has 0 aliphatic heterocycles. The highest BCUT2D eigenvalue weighted by molar-refractivity contribution is 5.81. The topological polar surface area (TPSA) is 47.6 Å². The van der Waals surface area contributed by atoms with Crippen molar-refractivity contribution in [1.82, 2.24) is 5.32 Å². The molecular formula is C21H27NO3. The maximum absolute atomic E-state index is 12.5. The SMILES string of the molecule is CC[C@H](NC(=O)[C@H](C)Oc1ccc(C)cc1C)c1ccc(OC)cc1. The summed E-state index contributed by atoms with van der Waals surface area (Å²) in [6.07, 6.45) is 0.239. The van der Waals surface area contributed by atoms with E-state index in [-0.39, 0.29) is 11.9 Å². The van der Waals surface area contributed by atoms with Crippen LogP contribution in [0.3, 0.4) is 0 Å². The standard InChI is InChI=1S/C21H27NO3/c1-6-19(17-8-10-18(24-5)11-9-17)22-21(23)16(4)25-20-12-7-14(2)13-15(20)3/h7-13,16,19H,6H2,1-5H3,(H,22,23)/t16-,19-/m0/s1. The van der Waals surface area contributed by atoms with Crippen LogP contribution in [0, 0.1) is 13.8 Å². The highest BCUT2D eigenvalue weighted by atomic mass is 16.5. The Labute approximate surface area is 150 Å². The first-order valence-electron chi connectivity index (χ1n) is 8.62. The molecule has 2 rings (SSSR count). The normalized spacial score (nSPS) is 13.0. The number of hydrogen-bond acceptors (Lipinski definition) is 3. The van der Waals surface area contributed by atoms with Gasteiger partial charge in [0.15, 0.2) is 6.10 Å². The van der Waals surface area contributed by atoms with Crippen LogP contribution in [0.4, 0.5) is 0 Å². The van der Waals surface area contributed by atoms with Gasteiger partial charge in [-0.2, -0.15) is 0 Å². The van der Waals surface area contributed by atoms with Gasteiger partial charge in [0.05, 0.1) is 13.2 Å². The summed E-state index contributed by atoms with van der Waals surface area (Å²) >= 11 is 0. The Balaban J connectivity index is 2.02. The molecule has 0 saturated carbocycles. The first-order valence-corrected chi connectivity index (χ1v) is 8.62. The molecule has 0 aromatic heterocycles. The lowest BCUT2D eigenvalue weighted by atomic mass is 10.0. The Morgan fingerprint density at radius 3 is 2.36 bits per heavy atom. The number of carbonyl (C=O) groups excluding carboxylic acids is 1. The van der Waals surface area contributed by atoms with Crippen molar-refractivity contribution in [3.8, 4) is 11.5 Å². The Morgan fingerprint density at radius 2 is 1.80 bits per heavy atom. The molecule has 25 heavy (non-hydrogen) atoms. The lowest BCUT2D eigenvalue weighted by molar-refractivity contribution is -0.128. The monoisotopic (exact) mass is 341 g/mol. The highest BCUT2D eigenvalue weighted by Crippen LogP contribution is 2.22. The molecule has 1 N–H and O–H groups in total.